The lowest BCUT2D eigenvalue weighted by molar-refractivity contribution is -0.122. The normalized spacial score (nSPS) is 12.7. The van der Waals surface area contributed by atoms with Gasteiger partial charge in [-0.3, -0.25) is 4.79 Å². The van der Waals surface area contributed by atoms with E-state index in [4.69, 9.17) is 9.63 Å². The summed E-state index contributed by atoms with van der Waals surface area (Å²) in [7, 11) is 0. The average Bonchev–Trinajstić information content (AvgIpc) is 2.81. The molecule has 0 aliphatic rings. The molecule has 19 heavy (non-hydrogen) atoms. The standard InChI is InChI=1S/C13H23N3O3/c1-4-5-11-15-13(19-16-11)7-6-12(18)14-10(8-17)9(2)3/h9-10,17H,4-8H2,1-3H3,(H,14,18)/t10-/m1/s1. The summed E-state index contributed by atoms with van der Waals surface area (Å²) in [4.78, 5) is 15.9. The number of aliphatic hydroxyl groups excluding tert-OH is 1. The monoisotopic (exact) mass is 269 g/mol. The Hall–Kier alpha value is -1.43. The van der Waals surface area contributed by atoms with Gasteiger partial charge in [-0.25, -0.2) is 0 Å². The molecule has 1 aromatic rings. The molecule has 0 aromatic carbocycles. The molecule has 0 bridgehead atoms. The lowest BCUT2D eigenvalue weighted by Crippen LogP contribution is -2.41. The quantitative estimate of drug-likeness (QED) is 0.737. The van der Waals surface area contributed by atoms with Gasteiger partial charge in [0.2, 0.25) is 11.8 Å². The Labute approximate surface area is 113 Å². The van der Waals surface area contributed by atoms with Gasteiger partial charge >= 0.3 is 0 Å². The number of hydrogen-bond donors (Lipinski definition) is 2. The van der Waals surface area contributed by atoms with Crippen LogP contribution in [-0.2, 0) is 17.6 Å². The first-order valence-corrected chi connectivity index (χ1v) is 6.78. The van der Waals surface area contributed by atoms with Gasteiger partial charge in [0.25, 0.3) is 0 Å². The van der Waals surface area contributed by atoms with Gasteiger partial charge in [0.05, 0.1) is 12.6 Å². The Kier molecular flexibility index (Phi) is 6.49. The van der Waals surface area contributed by atoms with Gasteiger partial charge < -0.3 is 14.9 Å². The van der Waals surface area contributed by atoms with Gasteiger partial charge in [0.1, 0.15) is 0 Å². The maximum absolute atomic E-state index is 11.7. The molecule has 0 saturated carbocycles. The Bertz CT molecular complexity index is 390. The van der Waals surface area contributed by atoms with Crippen LogP contribution in [0.25, 0.3) is 0 Å². The van der Waals surface area contributed by atoms with Crippen molar-refractivity contribution in [2.75, 3.05) is 6.61 Å². The summed E-state index contributed by atoms with van der Waals surface area (Å²) in [6.45, 7) is 5.90. The molecule has 1 atom stereocenters. The highest BCUT2D eigenvalue weighted by atomic mass is 16.5. The summed E-state index contributed by atoms with van der Waals surface area (Å²) in [5.41, 5.74) is 0. The molecule has 2 N–H and O–H groups in total. The number of carbonyl (C=O) groups is 1. The smallest absolute Gasteiger partial charge is 0.227 e. The average molecular weight is 269 g/mol. The predicted molar refractivity (Wildman–Crippen MR) is 70.5 cm³/mol. The fraction of sp³-hybridized carbons (Fsp3) is 0.769. The topological polar surface area (TPSA) is 88.2 Å². The Morgan fingerprint density at radius 2 is 2.16 bits per heavy atom. The van der Waals surface area contributed by atoms with Crippen molar-refractivity contribution < 1.29 is 14.4 Å². The van der Waals surface area contributed by atoms with E-state index in [9.17, 15) is 4.79 Å². The fourth-order valence-corrected chi connectivity index (χ4v) is 1.64. The van der Waals surface area contributed by atoms with Gasteiger partial charge in [0, 0.05) is 19.3 Å². The summed E-state index contributed by atoms with van der Waals surface area (Å²) < 4.78 is 5.06. The minimum atomic E-state index is -0.203. The molecule has 1 rings (SSSR count). The van der Waals surface area contributed by atoms with E-state index in [0.29, 0.717) is 18.1 Å². The van der Waals surface area contributed by atoms with E-state index in [1.54, 1.807) is 0 Å². The first-order chi connectivity index (χ1) is 9.06. The molecule has 0 unspecified atom stereocenters. The third-order valence-electron chi connectivity index (χ3n) is 2.90. The molecule has 0 radical (unpaired) electrons. The van der Waals surface area contributed by atoms with E-state index in [-0.39, 0.29) is 30.9 Å². The van der Waals surface area contributed by atoms with Crippen LogP contribution in [-0.4, -0.2) is 33.8 Å². The first-order valence-electron chi connectivity index (χ1n) is 6.78. The van der Waals surface area contributed by atoms with E-state index < -0.39 is 0 Å². The molecule has 1 aromatic heterocycles. The number of nitrogens with zero attached hydrogens (tertiary/aromatic N) is 2. The van der Waals surface area contributed by atoms with E-state index in [1.807, 2.05) is 20.8 Å². The van der Waals surface area contributed by atoms with E-state index in [0.717, 1.165) is 12.8 Å². The maximum Gasteiger partial charge on any atom is 0.227 e. The predicted octanol–water partition coefficient (Wildman–Crippen LogP) is 1.09. The molecule has 6 heteroatoms. The third-order valence-corrected chi connectivity index (χ3v) is 2.90. The molecule has 0 fully saturated rings. The van der Waals surface area contributed by atoms with Crippen LogP contribution in [0.3, 0.4) is 0 Å². The van der Waals surface area contributed by atoms with Crippen LogP contribution in [0.1, 0.15) is 45.3 Å². The lowest BCUT2D eigenvalue weighted by atomic mass is 10.1. The van der Waals surface area contributed by atoms with Crippen molar-refractivity contribution in [3.8, 4) is 0 Å². The Morgan fingerprint density at radius 1 is 1.42 bits per heavy atom. The van der Waals surface area contributed by atoms with Crippen molar-refractivity contribution in [3.63, 3.8) is 0 Å². The van der Waals surface area contributed by atoms with Crippen molar-refractivity contribution in [1.82, 2.24) is 15.5 Å². The van der Waals surface area contributed by atoms with Gasteiger partial charge in [-0.05, 0) is 12.3 Å². The van der Waals surface area contributed by atoms with Gasteiger partial charge in [0.15, 0.2) is 5.82 Å². The minimum absolute atomic E-state index is 0.0510. The number of hydrogen-bond acceptors (Lipinski definition) is 5. The second-order valence-corrected chi connectivity index (χ2v) is 4.95. The minimum Gasteiger partial charge on any atom is -0.394 e. The highest BCUT2D eigenvalue weighted by Gasteiger charge is 2.15. The van der Waals surface area contributed by atoms with Crippen LogP contribution in [0.4, 0.5) is 0 Å². The first kappa shape index (κ1) is 15.6. The summed E-state index contributed by atoms with van der Waals surface area (Å²) in [6.07, 6.45) is 2.47. The summed E-state index contributed by atoms with van der Waals surface area (Å²) >= 11 is 0. The summed E-state index contributed by atoms with van der Waals surface area (Å²) in [5, 5.41) is 15.8. The number of nitrogens with one attached hydrogen (secondary N) is 1. The SMILES string of the molecule is CCCc1noc(CCC(=O)N[C@H](CO)C(C)C)n1. The number of carbonyl (C=O) groups excluding carboxylic acids is 1. The number of aliphatic hydroxyl groups is 1. The van der Waals surface area contributed by atoms with Gasteiger partial charge in [-0.2, -0.15) is 4.98 Å². The summed E-state index contributed by atoms with van der Waals surface area (Å²) in [6, 6.07) is -0.203. The van der Waals surface area contributed by atoms with E-state index in [1.165, 1.54) is 0 Å². The molecule has 6 nitrogen and oxygen atoms in total. The van der Waals surface area contributed by atoms with E-state index in [2.05, 4.69) is 15.5 Å². The van der Waals surface area contributed by atoms with Crippen LogP contribution >= 0.6 is 0 Å². The largest absolute Gasteiger partial charge is 0.394 e. The van der Waals surface area contributed by atoms with Crippen molar-refractivity contribution >= 4 is 5.91 Å². The van der Waals surface area contributed by atoms with Crippen molar-refractivity contribution in [1.29, 1.82) is 0 Å². The molecular weight excluding hydrogens is 246 g/mol. The van der Waals surface area contributed by atoms with Gasteiger partial charge in [-0.15, -0.1) is 0 Å². The van der Waals surface area contributed by atoms with Crippen molar-refractivity contribution in [3.05, 3.63) is 11.7 Å². The summed E-state index contributed by atoms with van der Waals surface area (Å²) in [5.74, 6) is 1.27. The maximum atomic E-state index is 11.7. The molecule has 0 aliphatic carbocycles. The highest BCUT2D eigenvalue weighted by molar-refractivity contribution is 5.76. The number of aromatic nitrogens is 2. The molecular formula is C13H23N3O3. The van der Waals surface area contributed by atoms with Crippen LogP contribution < -0.4 is 5.32 Å². The van der Waals surface area contributed by atoms with E-state index >= 15 is 0 Å². The lowest BCUT2D eigenvalue weighted by Gasteiger charge is -2.19. The van der Waals surface area contributed by atoms with Crippen LogP contribution in [0.5, 0.6) is 0 Å². The van der Waals surface area contributed by atoms with Crippen molar-refractivity contribution in [2.24, 2.45) is 5.92 Å². The van der Waals surface area contributed by atoms with Crippen LogP contribution in [0, 0.1) is 5.92 Å². The molecule has 1 heterocycles. The fourth-order valence-electron chi connectivity index (χ4n) is 1.64. The van der Waals surface area contributed by atoms with Crippen molar-refractivity contribution in [2.45, 2.75) is 52.5 Å². The third kappa shape index (κ3) is 5.38. The van der Waals surface area contributed by atoms with Crippen LogP contribution in [0.15, 0.2) is 4.52 Å². The zero-order chi connectivity index (χ0) is 14.3. The molecule has 0 spiro atoms. The second kappa shape index (κ2) is 7.89. The molecule has 108 valence electrons. The molecule has 0 aliphatic heterocycles. The number of rotatable bonds is 8. The Morgan fingerprint density at radius 3 is 2.74 bits per heavy atom. The molecule has 0 saturated heterocycles. The zero-order valence-corrected chi connectivity index (χ0v) is 11.8. The van der Waals surface area contributed by atoms with Crippen LogP contribution in [0.2, 0.25) is 0 Å². The molecule has 1 amide bonds. The number of aryl methyl sites for hydroxylation is 2. The zero-order valence-electron chi connectivity index (χ0n) is 11.8. The second-order valence-electron chi connectivity index (χ2n) is 4.95. The number of amides is 1. The van der Waals surface area contributed by atoms with Gasteiger partial charge in [-0.1, -0.05) is 25.9 Å². The highest BCUT2D eigenvalue weighted by Crippen LogP contribution is 2.05. The Balaban J connectivity index is 2.36.